The van der Waals surface area contributed by atoms with Crippen LogP contribution in [0.3, 0.4) is 0 Å². The number of hydrogen-bond acceptors (Lipinski definition) is 3. The van der Waals surface area contributed by atoms with Gasteiger partial charge in [0.15, 0.2) is 0 Å². The van der Waals surface area contributed by atoms with Gasteiger partial charge in [-0.25, -0.2) is 0 Å². The van der Waals surface area contributed by atoms with E-state index in [0.717, 1.165) is 13.0 Å². The number of ether oxygens (including phenoxy) is 2. The van der Waals surface area contributed by atoms with Crippen LogP contribution in [0.15, 0.2) is 24.3 Å². The molecule has 0 spiro atoms. The maximum absolute atomic E-state index is 10.7. The Labute approximate surface area is 101 Å². The predicted octanol–water partition coefficient (Wildman–Crippen LogP) is 2.12. The average Bonchev–Trinajstić information content (AvgIpc) is 2.30. The Balaban J connectivity index is 2.43. The minimum absolute atomic E-state index is 0.0218. The molecule has 1 aromatic carbocycles. The molecule has 1 aromatic rings. The SMILES string of the molecule is CCCOCCOc1ccccc1CC(=O)O. The van der Waals surface area contributed by atoms with Gasteiger partial charge in [0.2, 0.25) is 0 Å². The van der Waals surface area contributed by atoms with Crippen molar-refractivity contribution >= 4 is 5.97 Å². The number of carboxylic acid groups (broad SMARTS) is 1. The first kappa shape index (κ1) is 13.5. The number of benzene rings is 1. The van der Waals surface area contributed by atoms with Gasteiger partial charge in [0.05, 0.1) is 13.0 Å². The third-order valence-corrected chi connectivity index (χ3v) is 2.15. The number of carboxylic acids is 1. The quantitative estimate of drug-likeness (QED) is 0.705. The molecule has 0 heterocycles. The fraction of sp³-hybridized carbons (Fsp3) is 0.462. The standard InChI is InChI=1S/C13H18O4/c1-2-7-16-8-9-17-12-6-4-3-5-11(12)10-13(14)15/h3-6H,2,7-10H2,1H3,(H,14,15). The highest BCUT2D eigenvalue weighted by Crippen LogP contribution is 2.18. The molecule has 4 nitrogen and oxygen atoms in total. The first-order chi connectivity index (χ1) is 8.24. The summed E-state index contributed by atoms with van der Waals surface area (Å²) < 4.78 is 10.8. The molecule has 0 aromatic heterocycles. The first-order valence-electron chi connectivity index (χ1n) is 5.74. The third-order valence-electron chi connectivity index (χ3n) is 2.15. The van der Waals surface area contributed by atoms with E-state index in [0.29, 0.717) is 24.5 Å². The van der Waals surface area contributed by atoms with Crippen LogP contribution in [-0.2, 0) is 16.0 Å². The Morgan fingerprint density at radius 1 is 1.24 bits per heavy atom. The topological polar surface area (TPSA) is 55.8 Å². The molecule has 0 aliphatic heterocycles. The van der Waals surface area contributed by atoms with Crippen molar-refractivity contribution in [1.82, 2.24) is 0 Å². The summed E-state index contributed by atoms with van der Waals surface area (Å²) in [6.45, 7) is 3.73. The largest absolute Gasteiger partial charge is 0.491 e. The van der Waals surface area contributed by atoms with Crippen LogP contribution in [0.4, 0.5) is 0 Å². The summed E-state index contributed by atoms with van der Waals surface area (Å²) in [6, 6.07) is 7.17. The highest BCUT2D eigenvalue weighted by molar-refractivity contribution is 5.71. The number of rotatable bonds is 8. The number of hydrogen-bond donors (Lipinski definition) is 1. The van der Waals surface area contributed by atoms with Gasteiger partial charge in [-0.15, -0.1) is 0 Å². The van der Waals surface area contributed by atoms with Crippen molar-refractivity contribution in [2.24, 2.45) is 0 Å². The molecular weight excluding hydrogens is 220 g/mol. The second-order valence-electron chi connectivity index (χ2n) is 3.64. The molecule has 0 aliphatic carbocycles. The average molecular weight is 238 g/mol. The lowest BCUT2D eigenvalue weighted by atomic mass is 10.1. The number of para-hydroxylation sites is 1. The third kappa shape index (κ3) is 5.36. The zero-order valence-corrected chi connectivity index (χ0v) is 10.0. The Hall–Kier alpha value is -1.55. The van der Waals surface area contributed by atoms with Crippen LogP contribution in [-0.4, -0.2) is 30.9 Å². The molecule has 94 valence electrons. The van der Waals surface area contributed by atoms with E-state index in [4.69, 9.17) is 14.6 Å². The lowest BCUT2D eigenvalue weighted by Crippen LogP contribution is -2.09. The maximum atomic E-state index is 10.7. The summed E-state index contributed by atoms with van der Waals surface area (Å²) in [5, 5.41) is 8.75. The Morgan fingerprint density at radius 3 is 2.71 bits per heavy atom. The minimum Gasteiger partial charge on any atom is -0.491 e. The van der Waals surface area contributed by atoms with Gasteiger partial charge < -0.3 is 14.6 Å². The van der Waals surface area contributed by atoms with Crippen molar-refractivity contribution in [3.63, 3.8) is 0 Å². The molecule has 0 saturated heterocycles. The molecule has 0 fully saturated rings. The van der Waals surface area contributed by atoms with Crippen LogP contribution in [0.25, 0.3) is 0 Å². The van der Waals surface area contributed by atoms with Crippen molar-refractivity contribution in [3.8, 4) is 5.75 Å². The first-order valence-corrected chi connectivity index (χ1v) is 5.74. The summed E-state index contributed by atoms with van der Waals surface area (Å²) in [6.07, 6.45) is 0.960. The smallest absolute Gasteiger partial charge is 0.307 e. The molecule has 1 N–H and O–H groups in total. The maximum Gasteiger partial charge on any atom is 0.307 e. The van der Waals surface area contributed by atoms with E-state index in [9.17, 15) is 4.79 Å². The lowest BCUT2D eigenvalue weighted by Gasteiger charge is -2.10. The van der Waals surface area contributed by atoms with Gasteiger partial charge in [0, 0.05) is 12.2 Å². The fourth-order valence-corrected chi connectivity index (χ4v) is 1.41. The van der Waals surface area contributed by atoms with Crippen molar-refractivity contribution < 1.29 is 19.4 Å². The fourth-order valence-electron chi connectivity index (χ4n) is 1.41. The summed E-state index contributed by atoms with van der Waals surface area (Å²) >= 11 is 0. The minimum atomic E-state index is -0.858. The van der Waals surface area contributed by atoms with E-state index in [1.54, 1.807) is 18.2 Å². The van der Waals surface area contributed by atoms with E-state index >= 15 is 0 Å². The molecule has 0 atom stereocenters. The van der Waals surface area contributed by atoms with E-state index in [-0.39, 0.29) is 6.42 Å². The van der Waals surface area contributed by atoms with E-state index in [2.05, 4.69) is 0 Å². The summed E-state index contributed by atoms with van der Waals surface area (Å²) in [5.74, 6) is -0.238. The molecule has 0 saturated carbocycles. The van der Waals surface area contributed by atoms with Crippen molar-refractivity contribution in [3.05, 3.63) is 29.8 Å². The highest BCUT2D eigenvalue weighted by atomic mass is 16.5. The van der Waals surface area contributed by atoms with Gasteiger partial charge in [-0.2, -0.15) is 0 Å². The van der Waals surface area contributed by atoms with Crippen molar-refractivity contribution in [1.29, 1.82) is 0 Å². The van der Waals surface area contributed by atoms with Crippen molar-refractivity contribution in [2.45, 2.75) is 19.8 Å². The molecule has 1 rings (SSSR count). The van der Waals surface area contributed by atoms with E-state index in [1.165, 1.54) is 0 Å². The van der Waals surface area contributed by atoms with Crippen LogP contribution < -0.4 is 4.74 Å². The molecule has 0 amide bonds. The Kier molecular flexibility index (Phi) is 6.10. The van der Waals surface area contributed by atoms with Crippen LogP contribution >= 0.6 is 0 Å². The lowest BCUT2D eigenvalue weighted by molar-refractivity contribution is -0.136. The van der Waals surface area contributed by atoms with Gasteiger partial charge in [0.1, 0.15) is 12.4 Å². The summed E-state index contributed by atoms with van der Waals surface area (Å²) in [7, 11) is 0. The molecule has 0 radical (unpaired) electrons. The molecule has 0 bridgehead atoms. The monoisotopic (exact) mass is 238 g/mol. The van der Waals surface area contributed by atoms with Gasteiger partial charge >= 0.3 is 5.97 Å². The molecule has 0 aliphatic rings. The number of carbonyl (C=O) groups is 1. The zero-order chi connectivity index (χ0) is 12.5. The highest BCUT2D eigenvalue weighted by Gasteiger charge is 2.06. The van der Waals surface area contributed by atoms with Gasteiger partial charge in [-0.3, -0.25) is 4.79 Å². The normalized spacial score (nSPS) is 10.2. The van der Waals surface area contributed by atoms with Crippen LogP contribution in [0.5, 0.6) is 5.75 Å². The molecule has 0 unspecified atom stereocenters. The zero-order valence-electron chi connectivity index (χ0n) is 10.0. The van der Waals surface area contributed by atoms with Crippen LogP contribution in [0.2, 0.25) is 0 Å². The Bertz CT molecular complexity index is 349. The molecule has 4 heteroatoms. The summed E-state index contributed by atoms with van der Waals surface area (Å²) in [5.41, 5.74) is 0.690. The second-order valence-corrected chi connectivity index (χ2v) is 3.64. The van der Waals surface area contributed by atoms with Gasteiger partial charge in [-0.1, -0.05) is 25.1 Å². The molecular formula is C13H18O4. The molecule has 17 heavy (non-hydrogen) atoms. The van der Waals surface area contributed by atoms with E-state index < -0.39 is 5.97 Å². The van der Waals surface area contributed by atoms with Crippen molar-refractivity contribution in [2.75, 3.05) is 19.8 Å². The van der Waals surface area contributed by atoms with E-state index in [1.807, 2.05) is 13.0 Å². The summed E-state index contributed by atoms with van der Waals surface area (Å²) in [4.78, 5) is 10.7. The van der Waals surface area contributed by atoms with Gasteiger partial charge in [-0.05, 0) is 12.5 Å². The predicted molar refractivity (Wildman–Crippen MR) is 64.4 cm³/mol. The van der Waals surface area contributed by atoms with Gasteiger partial charge in [0.25, 0.3) is 0 Å². The van der Waals surface area contributed by atoms with Crippen LogP contribution in [0.1, 0.15) is 18.9 Å². The Morgan fingerprint density at radius 2 is 2.00 bits per heavy atom. The second kappa shape index (κ2) is 7.68. The van der Waals surface area contributed by atoms with Crippen LogP contribution in [0, 0.1) is 0 Å². The number of aliphatic carboxylic acids is 1.